The van der Waals surface area contributed by atoms with Gasteiger partial charge in [-0.2, -0.15) is 0 Å². The predicted octanol–water partition coefficient (Wildman–Crippen LogP) is 14.4. The molecule has 0 saturated carbocycles. The number of aromatic nitrogens is 2. The second-order valence-electron chi connectivity index (χ2n) is 14.5. The molecular weight excluding hydrogens is 677 g/mol. The van der Waals surface area contributed by atoms with Gasteiger partial charge in [-0.15, -0.1) is 0 Å². The van der Waals surface area contributed by atoms with Crippen LogP contribution in [0.4, 0.5) is 0 Å². The van der Waals surface area contributed by atoms with E-state index >= 15 is 0 Å². The SMILES string of the molecule is C1=CCC(c2cc(-c3ccccc3)cc(-c3ccc4c(-c5ccc(-c6ccccn6)cc5)c5ccccc5c(-c5ccc(-c6ccccn6)cc5)c4c3)c2)C=C1. The van der Waals surface area contributed by atoms with Crippen molar-refractivity contribution in [2.75, 3.05) is 0 Å². The zero-order valence-corrected chi connectivity index (χ0v) is 30.9. The number of hydrogen-bond donors (Lipinski definition) is 0. The first kappa shape index (κ1) is 33.4. The highest BCUT2D eigenvalue weighted by Crippen LogP contribution is 2.46. The van der Waals surface area contributed by atoms with Crippen LogP contribution in [0.5, 0.6) is 0 Å². The van der Waals surface area contributed by atoms with Crippen LogP contribution in [0.15, 0.2) is 213 Å². The molecule has 0 fully saturated rings. The van der Waals surface area contributed by atoms with E-state index in [9.17, 15) is 0 Å². The Hall–Kier alpha value is -7.16. The van der Waals surface area contributed by atoms with Gasteiger partial charge in [-0.1, -0.05) is 164 Å². The van der Waals surface area contributed by atoms with E-state index < -0.39 is 0 Å². The van der Waals surface area contributed by atoms with E-state index in [1.807, 2.05) is 36.7 Å². The number of rotatable bonds is 7. The van der Waals surface area contributed by atoms with E-state index in [-0.39, 0.29) is 0 Å². The lowest BCUT2D eigenvalue weighted by atomic mass is 9.83. The van der Waals surface area contributed by atoms with Crippen LogP contribution in [0.1, 0.15) is 17.9 Å². The average molecular weight is 715 g/mol. The number of hydrogen-bond acceptors (Lipinski definition) is 2. The predicted molar refractivity (Wildman–Crippen MR) is 235 cm³/mol. The fourth-order valence-electron chi connectivity index (χ4n) is 8.32. The third-order valence-electron chi connectivity index (χ3n) is 11.1. The van der Waals surface area contributed by atoms with Gasteiger partial charge in [0.2, 0.25) is 0 Å². The van der Waals surface area contributed by atoms with Crippen molar-refractivity contribution in [2.24, 2.45) is 0 Å². The molecule has 1 atom stereocenters. The third kappa shape index (κ3) is 6.32. The minimum atomic E-state index is 0.334. The minimum absolute atomic E-state index is 0.334. The molecule has 0 aliphatic heterocycles. The molecule has 264 valence electrons. The topological polar surface area (TPSA) is 25.8 Å². The molecule has 0 N–H and O–H groups in total. The summed E-state index contributed by atoms with van der Waals surface area (Å²) in [5.41, 5.74) is 15.2. The third-order valence-corrected chi connectivity index (χ3v) is 11.1. The summed E-state index contributed by atoms with van der Waals surface area (Å²) in [5.74, 6) is 0.334. The quantitative estimate of drug-likeness (QED) is 0.154. The maximum absolute atomic E-state index is 4.62. The Bertz CT molecular complexity index is 2890. The summed E-state index contributed by atoms with van der Waals surface area (Å²) in [7, 11) is 0. The highest BCUT2D eigenvalue weighted by atomic mass is 14.7. The van der Waals surface area contributed by atoms with Crippen LogP contribution in [-0.4, -0.2) is 9.97 Å². The molecule has 56 heavy (non-hydrogen) atoms. The first-order valence-corrected chi connectivity index (χ1v) is 19.3. The van der Waals surface area contributed by atoms with E-state index in [1.165, 1.54) is 71.6 Å². The Kier molecular flexibility index (Phi) is 8.70. The van der Waals surface area contributed by atoms with Gasteiger partial charge in [-0.05, 0) is 114 Å². The first-order chi connectivity index (χ1) is 27.8. The van der Waals surface area contributed by atoms with Gasteiger partial charge in [0.1, 0.15) is 0 Å². The fraction of sp³-hybridized carbons (Fsp3) is 0.0370. The molecule has 2 nitrogen and oxygen atoms in total. The molecule has 0 bridgehead atoms. The van der Waals surface area contributed by atoms with Crippen molar-refractivity contribution in [3.8, 4) is 67.0 Å². The number of pyridine rings is 2. The molecule has 0 amide bonds. The van der Waals surface area contributed by atoms with Crippen LogP contribution < -0.4 is 0 Å². The standard InChI is InChI=1S/C54H38N2/c1-3-13-37(14-4-1)44-33-45(38-15-5-2-6-16-38)35-46(34-44)43-29-30-49-50(36-43)54(42-27-23-40(24-28-42)52-20-10-12-32-56-52)48-18-8-7-17-47(48)53(49)41-25-21-39(22-26-41)51-19-9-11-31-55-51/h1-15,17-36,38H,16H2. The number of allylic oxidation sites excluding steroid dienone is 4. The second kappa shape index (κ2) is 14.6. The molecule has 2 heterocycles. The first-order valence-electron chi connectivity index (χ1n) is 19.3. The molecule has 0 radical (unpaired) electrons. The largest absolute Gasteiger partial charge is 0.256 e. The molecule has 0 spiro atoms. The molecule has 9 aromatic rings. The molecule has 1 unspecified atom stereocenters. The molecule has 1 aliphatic carbocycles. The summed E-state index contributed by atoms with van der Waals surface area (Å²) in [6.45, 7) is 0. The van der Waals surface area contributed by atoms with E-state index in [1.54, 1.807) is 0 Å². The number of nitrogens with zero attached hydrogens (tertiary/aromatic N) is 2. The molecule has 2 heteroatoms. The van der Waals surface area contributed by atoms with Crippen LogP contribution >= 0.6 is 0 Å². The van der Waals surface area contributed by atoms with Gasteiger partial charge in [0.05, 0.1) is 11.4 Å². The zero-order valence-electron chi connectivity index (χ0n) is 30.9. The van der Waals surface area contributed by atoms with E-state index in [2.05, 4.69) is 186 Å². The minimum Gasteiger partial charge on any atom is -0.256 e. The van der Waals surface area contributed by atoms with Crippen LogP contribution in [0.3, 0.4) is 0 Å². The Morgan fingerprint density at radius 2 is 0.875 bits per heavy atom. The lowest BCUT2D eigenvalue weighted by Crippen LogP contribution is -1.98. The Morgan fingerprint density at radius 1 is 0.357 bits per heavy atom. The number of fused-ring (bicyclic) bond motifs is 2. The summed E-state index contributed by atoms with van der Waals surface area (Å²) >= 11 is 0. The smallest absolute Gasteiger partial charge is 0.0701 e. The molecule has 10 rings (SSSR count). The van der Waals surface area contributed by atoms with E-state index in [4.69, 9.17) is 0 Å². The van der Waals surface area contributed by atoms with E-state index in [0.29, 0.717) is 5.92 Å². The summed E-state index contributed by atoms with van der Waals surface area (Å²) < 4.78 is 0. The van der Waals surface area contributed by atoms with Crippen LogP contribution in [0.25, 0.3) is 88.6 Å². The molecule has 2 aromatic heterocycles. The van der Waals surface area contributed by atoms with Gasteiger partial charge < -0.3 is 0 Å². The molecule has 1 aliphatic rings. The van der Waals surface area contributed by atoms with E-state index in [0.717, 1.165) is 28.9 Å². The highest BCUT2D eigenvalue weighted by molar-refractivity contribution is 6.22. The molecular formula is C54H38N2. The zero-order chi connectivity index (χ0) is 37.3. The van der Waals surface area contributed by atoms with Gasteiger partial charge in [0, 0.05) is 29.4 Å². The summed E-state index contributed by atoms with van der Waals surface area (Å²) in [5, 5.41) is 4.90. The van der Waals surface area contributed by atoms with Crippen molar-refractivity contribution in [1.82, 2.24) is 9.97 Å². The van der Waals surface area contributed by atoms with Crippen LogP contribution in [0.2, 0.25) is 0 Å². The second-order valence-corrected chi connectivity index (χ2v) is 14.5. The maximum Gasteiger partial charge on any atom is 0.0701 e. The normalized spacial score (nSPS) is 13.7. The van der Waals surface area contributed by atoms with Crippen molar-refractivity contribution in [1.29, 1.82) is 0 Å². The van der Waals surface area contributed by atoms with Gasteiger partial charge in [0.25, 0.3) is 0 Å². The molecule has 7 aromatic carbocycles. The van der Waals surface area contributed by atoms with Crippen molar-refractivity contribution in [3.63, 3.8) is 0 Å². The van der Waals surface area contributed by atoms with Crippen molar-refractivity contribution in [2.45, 2.75) is 12.3 Å². The lowest BCUT2D eigenvalue weighted by Gasteiger charge is -2.20. The summed E-state index contributed by atoms with van der Waals surface area (Å²) in [4.78, 5) is 9.24. The van der Waals surface area contributed by atoms with Crippen LogP contribution in [0, 0.1) is 0 Å². The Morgan fingerprint density at radius 3 is 1.45 bits per heavy atom. The van der Waals surface area contributed by atoms with Crippen LogP contribution in [-0.2, 0) is 0 Å². The maximum atomic E-state index is 4.62. The van der Waals surface area contributed by atoms with Gasteiger partial charge in [-0.3, -0.25) is 9.97 Å². The highest BCUT2D eigenvalue weighted by Gasteiger charge is 2.19. The average Bonchev–Trinajstić information content (AvgIpc) is 3.29. The van der Waals surface area contributed by atoms with Crippen molar-refractivity contribution < 1.29 is 0 Å². The van der Waals surface area contributed by atoms with Gasteiger partial charge in [-0.25, -0.2) is 0 Å². The Labute approximate surface area is 327 Å². The molecule has 0 saturated heterocycles. The van der Waals surface area contributed by atoms with Gasteiger partial charge >= 0.3 is 0 Å². The van der Waals surface area contributed by atoms with Crippen molar-refractivity contribution >= 4 is 21.5 Å². The van der Waals surface area contributed by atoms with Crippen molar-refractivity contribution in [3.05, 3.63) is 218 Å². The Balaban J connectivity index is 1.21. The lowest BCUT2D eigenvalue weighted by molar-refractivity contribution is 0.854. The summed E-state index contributed by atoms with van der Waals surface area (Å²) in [6.07, 6.45) is 13.6. The monoisotopic (exact) mass is 714 g/mol. The van der Waals surface area contributed by atoms with Gasteiger partial charge in [0.15, 0.2) is 0 Å². The number of benzene rings is 7. The fourth-order valence-corrected chi connectivity index (χ4v) is 8.32. The summed E-state index contributed by atoms with van der Waals surface area (Å²) in [6, 6.07) is 63.9.